The first kappa shape index (κ1) is 53.4. The summed E-state index contributed by atoms with van der Waals surface area (Å²) >= 11 is 0. The Hall–Kier alpha value is -1.63. The molecular weight excluding hydrogens is 685 g/mol. The SMILES string of the molecule is CCCCCCCCCOC(=O)CCCCCCCN(CCCCCCCC(=O)OC(CCCCCCCC)CCCCCCCC)CCCCC(=O)NC. The van der Waals surface area contributed by atoms with Gasteiger partial charge in [-0.2, -0.15) is 0 Å². The maximum absolute atomic E-state index is 12.8. The fourth-order valence-corrected chi connectivity index (χ4v) is 7.48. The first-order valence-electron chi connectivity index (χ1n) is 24.2. The lowest BCUT2D eigenvalue weighted by atomic mass is 10.0. The Kier molecular flexibility index (Phi) is 42.2. The van der Waals surface area contributed by atoms with Gasteiger partial charge in [0.15, 0.2) is 0 Å². The molecule has 0 aliphatic rings. The van der Waals surface area contributed by atoms with E-state index in [1.54, 1.807) is 7.05 Å². The molecule has 0 atom stereocenters. The molecule has 0 aromatic rings. The van der Waals surface area contributed by atoms with Crippen LogP contribution >= 0.6 is 0 Å². The zero-order valence-corrected chi connectivity index (χ0v) is 37.4. The lowest BCUT2D eigenvalue weighted by molar-refractivity contribution is -0.150. The van der Waals surface area contributed by atoms with Gasteiger partial charge in [0.2, 0.25) is 5.91 Å². The van der Waals surface area contributed by atoms with E-state index in [0.29, 0.717) is 25.9 Å². The van der Waals surface area contributed by atoms with Crippen LogP contribution in [0.4, 0.5) is 0 Å². The minimum absolute atomic E-state index is 0.0173. The van der Waals surface area contributed by atoms with Gasteiger partial charge in [0.25, 0.3) is 0 Å². The summed E-state index contributed by atoms with van der Waals surface area (Å²) < 4.78 is 11.5. The number of carbonyl (C=O) groups excluding carboxylic acids is 3. The van der Waals surface area contributed by atoms with E-state index < -0.39 is 0 Å². The lowest BCUT2D eigenvalue weighted by Crippen LogP contribution is -2.27. The van der Waals surface area contributed by atoms with Crippen molar-refractivity contribution in [2.24, 2.45) is 0 Å². The van der Waals surface area contributed by atoms with Gasteiger partial charge in [-0.15, -0.1) is 0 Å². The largest absolute Gasteiger partial charge is 0.466 e. The van der Waals surface area contributed by atoms with Gasteiger partial charge in [0, 0.05) is 26.3 Å². The Balaban J connectivity index is 4.29. The molecule has 55 heavy (non-hydrogen) atoms. The average Bonchev–Trinajstić information content (AvgIpc) is 3.18. The number of unbranched alkanes of at least 4 members (excludes halogenated alkanes) is 25. The van der Waals surface area contributed by atoms with Crippen LogP contribution in [-0.2, 0) is 23.9 Å². The van der Waals surface area contributed by atoms with E-state index in [0.717, 1.165) is 90.3 Å². The topological polar surface area (TPSA) is 84.9 Å². The number of ether oxygens (including phenoxy) is 2. The van der Waals surface area contributed by atoms with Crippen LogP contribution in [0.3, 0.4) is 0 Å². The van der Waals surface area contributed by atoms with E-state index >= 15 is 0 Å². The summed E-state index contributed by atoms with van der Waals surface area (Å²) in [5, 5.41) is 2.74. The van der Waals surface area contributed by atoms with Gasteiger partial charge in [-0.05, 0) is 90.3 Å². The molecule has 326 valence electrons. The summed E-state index contributed by atoms with van der Waals surface area (Å²) in [7, 11) is 1.71. The van der Waals surface area contributed by atoms with Crippen molar-refractivity contribution in [1.82, 2.24) is 10.2 Å². The molecule has 0 radical (unpaired) electrons. The predicted molar refractivity (Wildman–Crippen MR) is 235 cm³/mol. The molecule has 0 fully saturated rings. The summed E-state index contributed by atoms with van der Waals surface area (Å²) in [5.74, 6) is 0.118. The molecule has 1 amide bonds. The summed E-state index contributed by atoms with van der Waals surface area (Å²) in [5.41, 5.74) is 0. The van der Waals surface area contributed by atoms with Gasteiger partial charge in [-0.25, -0.2) is 0 Å². The predicted octanol–water partition coefficient (Wildman–Crippen LogP) is 13.6. The molecule has 0 aromatic carbocycles. The molecule has 7 nitrogen and oxygen atoms in total. The van der Waals surface area contributed by atoms with Crippen molar-refractivity contribution in [2.45, 2.75) is 258 Å². The van der Waals surface area contributed by atoms with Gasteiger partial charge in [0.1, 0.15) is 6.10 Å². The smallest absolute Gasteiger partial charge is 0.306 e. The van der Waals surface area contributed by atoms with Crippen molar-refractivity contribution in [1.29, 1.82) is 0 Å². The van der Waals surface area contributed by atoms with Gasteiger partial charge in [0.05, 0.1) is 6.61 Å². The van der Waals surface area contributed by atoms with Crippen LogP contribution in [0.15, 0.2) is 0 Å². The van der Waals surface area contributed by atoms with Crippen LogP contribution in [0.5, 0.6) is 0 Å². The fraction of sp³-hybridized carbons (Fsp3) is 0.938. The van der Waals surface area contributed by atoms with E-state index in [1.807, 2.05) is 0 Å². The van der Waals surface area contributed by atoms with Crippen LogP contribution in [0.1, 0.15) is 252 Å². The minimum atomic E-state index is -0.0277. The molecule has 0 saturated heterocycles. The molecule has 0 bridgehead atoms. The lowest BCUT2D eigenvalue weighted by Gasteiger charge is -2.22. The number of esters is 2. The van der Waals surface area contributed by atoms with E-state index in [2.05, 4.69) is 31.0 Å². The molecule has 0 heterocycles. The number of amides is 1. The Morgan fingerprint density at radius 1 is 0.436 bits per heavy atom. The third-order valence-electron chi connectivity index (χ3n) is 11.2. The molecule has 0 rings (SSSR count). The number of carbonyl (C=O) groups is 3. The molecule has 7 heteroatoms. The van der Waals surface area contributed by atoms with Crippen molar-refractivity contribution in [3.05, 3.63) is 0 Å². The molecule has 0 aliphatic heterocycles. The zero-order chi connectivity index (χ0) is 40.3. The van der Waals surface area contributed by atoms with Crippen molar-refractivity contribution < 1.29 is 23.9 Å². The van der Waals surface area contributed by atoms with Crippen LogP contribution in [0, 0.1) is 0 Å². The van der Waals surface area contributed by atoms with E-state index in [4.69, 9.17) is 9.47 Å². The van der Waals surface area contributed by atoms with Crippen molar-refractivity contribution >= 4 is 17.8 Å². The zero-order valence-electron chi connectivity index (χ0n) is 37.4. The summed E-state index contributed by atoms with van der Waals surface area (Å²) in [4.78, 5) is 39.2. The highest BCUT2D eigenvalue weighted by Gasteiger charge is 2.14. The molecular formula is C48H94N2O5. The molecule has 0 aliphatic carbocycles. The molecule has 0 spiro atoms. The average molecular weight is 779 g/mol. The highest BCUT2D eigenvalue weighted by molar-refractivity contribution is 5.75. The van der Waals surface area contributed by atoms with Gasteiger partial charge < -0.3 is 19.7 Å². The Bertz CT molecular complexity index is 821. The second-order valence-corrected chi connectivity index (χ2v) is 16.6. The van der Waals surface area contributed by atoms with Gasteiger partial charge in [-0.3, -0.25) is 14.4 Å². The van der Waals surface area contributed by atoms with Crippen molar-refractivity contribution in [3.63, 3.8) is 0 Å². The number of nitrogens with zero attached hydrogens (tertiary/aromatic N) is 1. The number of hydrogen-bond donors (Lipinski definition) is 1. The Morgan fingerprint density at radius 2 is 0.800 bits per heavy atom. The first-order chi connectivity index (χ1) is 27.0. The highest BCUT2D eigenvalue weighted by atomic mass is 16.5. The normalized spacial score (nSPS) is 11.5. The van der Waals surface area contributed by atoms with Gasteiger partial charge >= 0.3 is 11.9 Å². The molecule has 0 unspecified atom stereocenters. The number of hydrogen-bond acceptors (Lipinski definition) is 6. The molecule has 0 aromatic heterocycles. The second-order valence-electron chi connectivity index (χ2n) is 16.6. The van der Waals surface area contributed by atoms with Crippen molar-refractivity contribution in [2.75, 3.05) is 33.3 Å². The maximum Gasteiger partial charge on any atom is 0.306 e. The maximum atomic E-state index is 12.8. The Morgan fingerprint density at radius 3 is 1.27 bits per heavy atom. The monoisotopic (exact) mass is 779 g/mol. The Labute approximate surface area is 342 Å². The van der Waals surface area contributed by atoms with E-state index in [-0.39, 0.29) is 23.9 Å². The summed E-state index contributed by atoms with van der Waals surface area (Å²) in [6, 6.07) is 0. The summed E-state index contributed by atoms with van der Waals surface area (Å²) in [6.07, 6.45) is 41.0. The molecule has 0 saturated carbocycles. The number of rotatable bonds is 44. The summed E-state index contributed by atoms with van der Waals surface area (Å²) in [6.45, 7) is 10.6. The highest BCUT2D eigenvalue weighted by Crippen LogP contribution is 2.19. The van der Waals surface area contributed by atoms with E-state index in [9.17, 15) is 14.4 Å². The fourth-order valence-electron chi connectivity index (χ4n) is 7.48. The van der Waals surface area contributed by atoms with Crippen LogP contribution in [0.2, 0.25) is 0 Å². The van der Waals surface area contributed by atoms with Crippen LogP contribution < -0.4 is 5.32 Å². The minimum Gasteiger partial charge on any atom is -0.466 e. The van der Waals surface area contributed by atoms with E-state index in [1.165, 1.54) is 141 Å². The second kappa shape index (κ2) is 43.5. The number of nitrogens with one attached hydrogen (secondary N) is 1. The first-order valence-corrected chi connectivity index (χ1v) is 24.2. The third kappa shape index (κ3) is 40.4. The van der Waals surface area contributed by atoms with Crippen molar-refractivity contribution in [3.8, 4) is 0 Å². The quantitative estimate of drug-likeness (QED) is 0.0490. The third-order valence-corrected chi connectivity index (χ3v) is 11.2. The van der Waals surface area contributed by atoms with Gasteiger partial charge in [-0.1, -0.05) is 162 Å². The van der Waals surface area contributed by atoms with Crippen LogP contribution in [0.25, 0.3) is 0 Å². The molecule has 1 N–H and O–H groups in total. The standard InChI is InChI=1S/C48H94N2O5/c1-5-8-11-14-17-26-35-44-54-47(52)39-29-22-18-24-32-41-50(43-34-31-38-46(51)49-4)42-33-25-19-23-30-40-48(53)55-45(36-27-20-15-12-9-6-2)37-28-21-16-13-10-7-3/h45H,5-44H2,1-4H3,(H,49,51). The van der Waals surface area contributed by atoms with Crippen LogP contribution in [-0.4, -0.2) is 62.1 Å².